The van der Waals surface area contributed by atoms with Gasteiger partial charge in [0.25, 0.3) is 5.91 Å². The number of pyridine rings is 1. The van der Waals surface area contributed by atoms with E-state index in [1.165, 1.54) is 0 Å². The van der Waals surface area contributed by atoms with Crippen molar-refractivity contribution in [2.75, 3.05) is 13.2 Å². The highest BCUT2D eigenvalue weighted by atomic mass is 16.5. The van der Waals surface area contributed by atoms with E-state index in [-0.39, 0.29) is 12.5 Å². The molecular formula is C20H17N3O2. The van der Waals surface area contributed by atoms with Gasteiger partial charge in [-0.15, -0.1) is 0 Å². The Morgan fingerprint density at radius 3 is 2.84 bits per heavy atom. The molecule has 1 amide bonds. The van der Waals surface area contributed by atoms with Gasteiger partial charge in [-0.05, 0) is 30.2 Å². The number of para-hydroxylation sites is 2. The van der Waals surface area contributed by atoms with Crippen LogP contribution in [0.4, 0.5) is 0 Å². The fourth-order valence-corrected chi connectivity index (χ4v) is 2.58. The molecule has 0 fully saturated rings. The summed E-state index contributed by atoms with van der Waals surface area (Å²) in [6.07, 6.45) is 2.46. The van der Waals surface area contributed by atoms with Crippen molar-refractivity contribution in [1.29, 1.82) is 5.26 Å². The maximum Gasteiger partial charge on any atom is 0.257 e. The van der Waals surface area contributed by atoms with Gasteiger partial charge >= 0.3 is 0 Å². The van der Waals surface area contributed by atoms with Crippen LogP contribution in [0.15, 0.2) is 60.8 Å². The number of benzene rings is 2. The lowest BCUT2D eigenvalue weighted by Crippen LogP contribution is -2.30. The Morgan fingerprint density at radius 2 is 1.96 bits per heavy atom. The molecule has 5 heteroatoms. The fourth-order valence-electron chi connectivity index (χ4n) is 2.58. The van der Waals surface area contributed by atoms with Crippen molar-refractivity contribution in [3.05, 3.63) is 71.9 Å². The fraction of sp³-hybridized carbons (Fsp3) is 0.150. The number of nitrogens with zero attached hydrogens (tertiary/aromatic N) is 2. The molecule has 1 N–H and O–H groups in total. The van der Waals surface area contributed by atoms with Crippen molar-refractivity contribution in [1.82, 2.24) is 10.3 Å². The summed E-state index contributed by atoms with van der Waals surface area (Å²) in [5.41, 5.74) is 2.46. The standard InChI is InChI=1S/C20H17N3O2/c21-13-17-5-1-2-9-18(17)25-14-19(24)22-12-10-16-7-3-6-15-8-4-11-23-20(15)16/h1-9,11H,10,12,14H2,(H,22,24). The van der Waals surface area contributed by atoms with E-state index in [9.17, 15) is 4.79 Å². The normalized spacial score (nSPS) is 10.2. The third-order valence-electron chi connectivity index (χ3n) is 3.80. The van der Waals surface area contributed by atoms with Gasteiger partial charge in [-0.25, -0.2) is 0 Å². The second-order valence-corrected chi connectivity index (χ2v) is 5.49. The van der Waals surface area contributed by atoms with Crippen LogP contribution in [0.2, 0.25) is 0 Å². The molecule has 1 aromatic heterocycles. The molecule has 0 radical (unpaired) electrons. The topological polar surface area (TPSA) is 75.0 Å². The van der Waals surface area contributed by atoms with Crippen LogP contribution in [0.3, 0.4) is 0 Å². The van der Waals surface area contributed by atoms with Gasteiger partial charge in [-0.3, -0.25) is 9.78 Å². The number of hydrogen-bond donors (Lipinski definition) is 1. The number of fused-ring (bicyclic) bond motifs is 1. The van der Waals surface area contributed by atoms with E-state index in [4.69, 9.17) is 10.00 Å². The van der Waals surface area contributed by atoms with Gasteiger partial charge in [0.2, 0.25) is 0 Å². The average Bonchev–Trinajstić information content (AvgIpc) is 2.67. The molecule has 0 unspecified atom stereocenters. The minimum atomic E-state index is -0.221. The lowest BCUT2D eigenvalue weighted by molar-refractivity contribution is -0.123. The Balaban J connectivity index is 1.52. The zero-order valence-electron chi connectivity index (χ0n) is 13.6. The zero-order chi connectivity index (χ0) is 17.5. The second-order valence-electron chi connectivity index (χ2n) is 5.49. The maximum atomic E-state index is 11.9. The molecule has 0 saturated carbocycles. The number of rotatable bonds is 6. The number of hydrogen-bond acceptors (Lipinski definition) is 4. The summed E-state index contributed by atoms with van der Waals surface area (Å²) in [6.45, 7) is 0.379. The van der Waals surface area contributed by atoms with E-state index in [0.717, 1.165) is 16.5 Å². The molecule has 0 spiro atoms. The van der Waals surface area contributed by atoms with Gasteiger partial charge in [0.15, 0.2) is 6.61 Å². The molecule has 0 saturated heterocycles. The molecule has 0 bridgehead atoms. The zero-order valence-corrected chi connectivity index (χ0v) is 13.6. The molecule has 1 heterocycles. The molecule has 0 aliphatic heterocycles. The van der Waals surface area contributed by atoms with Crippen molar-refractivity contribution in [2.24, 2.45) is 0 Å². The monoisotopic (exact) mass is 331 g/mol. The van der Waals surface area contributed by atoms with Gasteiger partial charge in [0, 0.05) is 18.1 Å². The number of carbonyl (C=O) groups is 1. The van der Waals surface area contributed by atoms with E-state index in [2.05, 4.69) is 10.3 Å². The molecule has 3 aromatic rings. The molecule has 124 valence electrons. The maximum absolute atomic E-state index is 11.9. The first-order chi connectivity index (χ1) is 12.3. The molecule has 3 rings (SSSR count). The van der Waals surface area contributed by atoms with Crippen LogP contribution < -0.4 is 10.1 Å². The highest BCUT2D eigenvalue weighted by molar-refractivity contribution is 5.81. The highest BCUT2D eigenvalue weighted by Gasteiger charge is 2.07. The van der Waals surface area contributed by atoms with Crippen LogP contribution >= 0.6 is 0 Å². The first-order valence-corrected chi connectivity index (χ1v) is 7.99. The highest BCUT2D eigenvalue weighted by Crippen LogP contribution is 2.17. The van der Waals surface area contributed by atoms with E-state index < -0.39 is 0 Å². The molecular weight excluding hydrogens is 314 g/mol. The summed E-state index contributed by atoms with van der Waals surface area (Å²) in [6, 6.07) is 18.8. The lowest BCUT2D eigenvalue weighted by Gasteiger charge is -2.09. The van der Waals surface area contributed by atoms with Crippen LogP contribution in [-0.4, -0.2) is 24.0 Å². The third-order valence-corrected chi connectivity index (χ3v) is 3.80. The van der Waals surface area contributed by atoms with E-state index in [1.54, 1.807) is 30.5 Å². The molecule has 0 aliphatic rings. The summed E-state index contributed by atoms with van der Waals surface area (Å²) in [5.74, 6) is 0.194. The number of ether oxygens (including phenoxy) is 1. The van der Waals surface area contributed by atoms with Crippen LogP contribution in [-0.2, 0) is 11.2 Å². The predicted molar refractivity (Wildman–Crippen MR) is 95.1 cm³/mol. The molecule has 5 nitrogen and oxygen atoms in total. The van der Waals surface area contributed by atoms with Crippen molar-refractivity contribution in [3.8, 4) is 11.8 Å². The van der Waals surface area contributed by atoms with Crippen molar-refractivity contribution in [2.45, 2.75) is 6.42 Å². The van der Waals surface area contributed by atoms with Gasteiger partial charge in [0.1, 0.15) is 11.8 Å². The Labute approximate surface area is 145 Å². The van der Waals surface area contributed by atoms with Gasteiger partial charge < -0.3 is 10.1 Å². The average molecular weight is 331 g/mol. The van der Waals surface area contributed by atoms with Gasteiger partial charge in [0.05, 0.1) is 11.1 Å². The second kappa shape index (κ2) is 7.93. The van der Waals surface area contributed by atoms with Crippen molar-refractivity contribution >= 4 is 16.8 Å². The van der Waals surface area contributed by atoms with Crippen molar-refractivity contribution < 1.29 is 9.53 Å². The molecule has 0 atom stereocenters. The molecule has 25 heavy (non-hydrogen) atoms. The van der Waals surface area contributed by atoms with Crippen LogP contribution in [0.5, 0.6) is 5.75 Å². The van der Waals surface area contributed by atoms with E-state index in [1.807, 2.05) is 36.4 Å². The summed E-state index contributed by atoms with van der Waals surface area (Å²) in [7, 11) is 0. The smallest absolute Gasteiger partial charge is 0.257 e. The Hall–Kier alpha value is -3.39. The first-order valence-electron chi connectivity index (χ1n) is 7.99. The Kier molecular flexibility index (Phi) is 5.22. The lowest BCUT2D eigenvalue weighted by atomic mass is 10.1. The molecule has 0 aliphatic carbocycles. The Bertz CT molecular complexity index is 926. The number of nitriles is 1. The summed E-state index contributed by atoms with van der Waals surface area (Å²) >= 11 is 0. The first kappa shape index (κ1) is 16.5. The summed E-state index contributed by atoms with van der Waals surface area (Å²) in [5, 5.41) is 12.9. The number of amides is 1. The third kappa shape index (κ3) is 4.12. The SMILES string of the molecule is N#Cc1ccccc1OCC(=O)NCCc1cccc2cccnc12. The minimum Gasteiger partial charge on any atom is -0.482 e. The minimum absolute atomic E-state index is 0.119. The number of carbonyl (C=O) groups excluding carboxylic acids is 1. The molecule has 2 aromatic carbocycles. The van der Waals surface area contributed by atoms with Crippen molar-refractivity contribution in [3.63, 3.8) is 0 Å². The summed E-state index contributed by atoms with van der Waals surface area (Å²) in [4.78, 5) is 16.3. The van der Waals surface area contributed by atoms with Gasteiger partial charge in [-0.1, -0.05) is 36.4 Å². The number of aromatic nitrogens is 1. The summed E-state index contributed by atoms with van der Waals surface area (Å²) < 4.78 is 5.42. The van der Waals surface area contributed by atoms with Crippen LogP contribution in [0.25, 0.3) is 10.9 Å². The van der Waals surface area contributed by atoms with E-state index >= 15 is 0 Å². The Morgan fingerprint density at radius 1 is 1.12 bits per heavy atom. The van der Waals surface area contributed by atoms with Gasteiger partial charge in [-0.2, -0.15) is 5.26 Å². The largest absolute Gasteiger partial charge is 0.482 e. The predicted octanol–water partition coefficient (Wildman–Crippen LogP) is 2.84. The van der Waals surface area contributed by atoms with Crippen LogP contribution in [0.1, 0.15) is 11.1 Å². The number of nitrogens with one attached hydrogen (secondary N) is 1. The quantitative estimate of drug-likeness (QED) is 0.753. The van der Waals surface area contributed by atoms with E-state index in [0.29, 0.717) is 24.3 Å². The van der Waals surface area contributed by atoms with Crippen LogP contribution in [0, 0.1) is 11.3 Å².